The number of hydrogen-bond acceptors (Lipinski definition) is 7. The average Bonchev–Trinajstić information content (AvgIpc) is 3.19. The highest BCUT2D eigenvalue weighted by atomic mass is 35.5. The summed E-state index contributed by atoms with van der Waals surface area (Å²) in [5, 5.41) is 25.8. The molecule has 0 fully saturated rings. The van der Waals surface area contributed by atoms with E-state index in [1.165, 1.54) is 24.1 Å². The highest BCUT2D eigenvalue weighted by Gasteiger charge is 2.23. The van der Waals surface area contributed by atoms with E-state index in [0.717, 1.165) is 0 Å². The molecule has 1 atom stereocenters. The van der Waals surface area contributed by atoms with Gasteiger partial charge in [0.05, 0.1) is 17.8 Å². The largest absolute Gasteiger partial charge is 0.501 e. The van der Waals surface area contributed by atoms with Gasteiger partial charge in [0.2, 0.25) is 5.75 Å². The van der Waals surface area contributed by atoms with Crippen molar-refractivity contribution in [3.05, 3.63) is 68.7 Å². The first kappa shape index (κ1) is 20.1. The number of hydrogen-bond donors (Lipinski definition) is 2. The van der Waals surface area contributed by atoms with Gasteiger partial charge in [0.1, 0.15) is 17.8 Å². The number of carbonyl (C=O) groups is 1. The van der Waals surface area contributed by atoms with Gasteiger partial charge in [-0.1, -0.05) is 23.7 Å². The first-order valence-corrected chi connectivity index (χ1v) is 8.88. The van der Waals surface area contributed by atoms with Crippen molar-refractivity contribution in [2.75, 3.05) is 5.32 Å². The number of nitrogens with one attached hydrogen (secondary N) is 1. The number of amides is 1. The molecule has 3 aromatic rings. The van der Waals surface area contributed by atoms with Gasteiger partial charge in [-0.3, -0.25) is 14.2 Å². The van der Waals surface area contributed by atoms with Crippen LogP contribution in [0.25, 0.3) is 0 Å². The maximum absolute atomic E-state index is 12.5. The molecular formula is C19H16ClN5O4. The van der Waals surface area contributed by atoms with Gasteiger partial charge in [0, 0.05) is 18.0 Å². The zero-order chi connectivity index (χ0) is 21.1. The smallest absolute Gasteiger partial charge is 0.296 e. The van der Waals surface area contributed by atoms with E-state index in [1.54, 1.807) is 25.1 Å². The number of aromatic hydroxyl groups is 1. The Morgan fingerprint density at radius 3 is 2.90 bits per heavy atom. The lowest BCUT2D eigenvalue weighted by atomic mass is 9.96. The molecule has 0 bridgehead atoms. The quantitative estimate of drug-likeness (QED) is 0.656. The minimum Gasteiger partial charge on any atom is -0.501 e. The fourth-order valence-electron chi connectivity index (χ4n) is 2.92. The van der Waals surface area contributed by atoms with Crippen molar-refractivity contribution in [2.24, 2.45) is 7.05 Å². The van der Waals surface area contributed by atoms with Gasteiger partial charge in [0.25, 0.3) is 11.5 Å². The van der Waals surface area contributed by atoms with E-state index in [4.69, 9.17) is 11.6 Å². The van der Waals surface area contributed by atoms with E-state index >= 15 is 0 Å². The number of halogens is 1. The van der Waals surface area contributed by atoms with Crippen molar-refractivity contribution in [3.63, 3.8) is 0 Å². The predicted octanol–water partition coefficient (Wildman–Crippen LogP) is 2.60. The Labute approximate surface area is 170 Å². The maximum atomic E-state index is 12.5. The summed E-state index contributed by atoms with van der Waals surface area (Å²) in [5.41, 5.74) is 0.219. The van der Waals surface area contributed by atoms with Gasteiger partial charge in [-0.05, 0) is 30.2 Å². The molecule has 1 amide bonds. The Balaban J connectivity index is 1.98. The van der Waals surface area contributed by atoms with Crippen LogP contribution in [0.3, 0.4) is 0 Å². The normalized spacial score (nSPS) is 11.7. The van der Waals surface area contributed by atoms with Gasteiger partial charge < -0.3 is 14.9 Å². The Morgan fingerprint density at radius 2 is 2.24 bits per heavy atom. The van der Waals surface area contributed by atoms with Crippen LogP contribution in [0.1, 0.15) is 40.3 Å². The molecule has 0 saturated heterocycles. The summed E-state index contributed by atoms with van der Waals surface area (Å²) in [5.74, 6) is -1.64. The van der Waals surface area contributed by atoms with Crippen LogP contribution in [0.2, 0.25) is 5.02 Å². The van der Waals surface area contributed by atoms with Crippen LogP contribution in [0, 0.1) is 11.3 Å². The molecule has 29 heavy (non-hydrogen) atoms. The number of nitriles is 1. The summed E-state index contributed by atoms with van der Waals surface area (Å²) in [4.78, 5) is 29.1. The highest BCUT2D eigenvalue weighted by molar-refractivity contribution is 6.30. The van der Waals surface area contributed by atoms with Crippen molar-refractivity contribution in [2.45, 2.75) is 19.3 Å². The Morgan fingerprint density at radius 1 is 1.48 bits per heavy atom. The van der Waals surface area contributed by atoms with Gasteiger partial charge in [-0.25, -0.2) is 4.98 Å². The van der Waals surface area contributed by atoms with Crippen molar-refractivity contribution >= 4 is 23.2 Å². The predicted molar refractivity (Wildman–Crippen MR) is 104 cm³/mol. The second kappa shape index (κ2) is 8.16. The lowest BCUT2D eigenvalue weighted by Gasteiger charge is -2.17. The van der Waals surface area contributed by atoms with E-state index in [-0.39, 0.29) is 17.4 Å². The zero-order valence-corrected chi connectivity index (χ0v) is 16.3. The summed E-state index contributed by atoms with van der Waals surface area (Å²) in [6.45, 7) is 1.79. The molecule has 0 aliphatic rings. The van der Waals surface area contributed by atoms with Crippen LogP contribution in [0.4, 0.5) is 5.69 Å². The Kier molecular flexibility index (Phi) is 5.66. The molecular weight excluding hydrogens is 398 g/mol. The highest BCUT2D eigenvalue weighted by Crippen LogP contribution is 2.24. The van der Waals surface area contributed by atoms with Gasteiger partial charge in [-0.15, -0.1) is 0 Å². The molecule has 0 radical (unpaired) electrons. The minimum absolute atomic E-state index is 0.254. The molecule has 148 valence electrons. The maximum Gasteiger partial charge on any atom is 0.296 e. The van der Waals surface area contributed by atoms with Crippen molar-refractivity contribution < 1.29 is 14.4 Å². The number of nitrogens with zero attached hydrogens (tertiary/aromatic N) is 4. The van der Waals surface area contributed by atoms with Crippen LogP contribution < -0.4 is 10.9 Å². The summed E-state index contributed by atoms with van der Waals surface area (Å²) < 4.78 is 5.81. The molecule has 1 unspecified atom stereocenters. The minimum atomic E-state index is -0.780. The fourth-order valence-corrected chi connectivity index (χ4v) is 3.12. The second-order valence-electron chi connectivity index (χ2n) is 6.42. The molecule has 9 nitrogen and oxygen atoms in total. The molecule has 0 saturated carbocycles. The van der Waals surface area contributed by atoms with E-state index in [2.05, 4.69) is 26.0 Å². The van der Waals surface area contributed by atoms with E-state index < -0.39 is 22.9 Å². The third-order valence-electron chi connectivity index (χ3n) is 4.36. The first-order valence-electron chi connectivity index (χ1n) is 8.51. The van der Waals surface area contributed by atoms with Gasteiger partial charge >= 0.3 is 0 Å². The standard InChI is InChI=1S/C19H16ClN5O4/c1-10(5-12-6-13(20)4-3-11(12)7-21)17-24-15(16(26)19(28)25(17)2)18(27)23-14-8-22-29-9-14/h3-4,6,8-10,26H,5H2,1-2H3,(H,23,27). The molecule has 2 N–H and O–H groups in total. The summed E-state index contributed by atoms with van der Waals surface area (Å²) in [6.07, 6.45) is 2.81. The van der Waals surface area contributed by atoms with E-state index in [9.17, 15) is 20.0 Å². The molecule has 0 aliphatic heterocycles. The lowest BCUT2D eigenvalue weighted by molar-refractivity contribution is 0.101. The van der Waals surface area contributed by atoms with E-state index in [1.807, 2.05) is 0 Å². The summed E-state index contributed by atoms with van der Waals surface area (Å²) in [7, 11) is 1.45. The third kappa shape index (κ3) is 4.12. The molecule has 10 heteroatoms. The Hall–Kier alpha value is -3.64. The lowest BCUT2D eigenvalue weighted by Crippen LogP contribution is -2.28. The number of aromatic nitrogens is 3. The molecule has 2 heterocycles. The van der Waals surface area contributed by atoms with E-state index in [0.29, 0.717) is 22.6 Å². The molecule has 3 rings (SSSR count). The summed E-state index contributed by atoms with van der Waals surface area (Å²) in [6, 6.07) is 7.02. The fraction of sp³-hybridized carbons (Fsp3) is 0.211. The van der Waals surface area contributed by atoms with Gasteiger partial charge in [0.15, 0.2) is 5.69 Å². The first-order chi connectivity index (χ1) is 13.8. The average molecular weight is 414 g/mol. The molecule has 0 spiro atoms. The number of anilines is 1. The molecule has 2 aromatic heterocycles. The van der Waals surface area contributed by atoms with Crippen molar-refractivity contribution in [3.8, 4) is 11.8 Å². The topological polar surface area (TPSA) is 134 Å². The molecule has 0 aliphatic carbocycles. The Bertz CT molecular complexity index is 1160. The van der Waals surface area contributed by atoms with Gasteiger partial charge in [-0.2, -0.15) is 5.26 Å². The zero-order valence-electron chi connectivity index (χ0n) is 15.5. The van der Waals surface area contributed by atoms with Crippen LogP contribution >= 0.6 is 11.6 Å². The second-order valence-corrected chi connectivity index (χ2v) is 6.85. The third-order valence-corrected chi connectivity index (χ3v) is 4.60. The number of rotatable bonds is 5. The molecule has 1 aromatic carbocycles. The van der Waals surface area contributed by atoms with Crippen molar-refractivity contribution in [1.82, 2.24) is 14.7 Å². The van der Waals surface area contributed by atoms with Crippen LogP contribution in [0.15, 0.2) is 40.0 Å². The number of carbonyl (C=O) groups excluding carboxylic acids is 1. The van der Waals surface area contributed by atoms with Crippen LogP contribution in [-0.4, -0.2) is 25.7 Å². The monoisotopic (exact) mass is 413 g/mol. The van der Waals surface area contributed by atoms with Crippen molar-refractivity contribution in [1.29, 1.82) is 5.26 Å². The van der Waals surface area contributed by atoms with Crippen LogP contribution in [0.5, 0.6) is 5.75 Å². The van der Waals surface area contributed by atoms with Crippen LogP contribution in [-0.2, 0) is 13.5 Å². The number of benzene rings is 1. The SMILES string of the molecule is CC(Cc1cc(Cl)ccc1C#N)c1nc(C(=O)Nc2cnoc2)c(O)c(=O)n1C. The summed E-state index contributed by atoms with van der Waals surface area (Å²) >= 11 is 6.04.